The van der Waals surface area contributed by atoms with Crippen LogP contribution >= 0.6 is 0 Å². The van der Waals surface area contributed by atoms with E-state index in [0.29, 0.717) is 0 Å². The molecular formula is C2H4F4N2. The Hall–Kier alpha value is -0.360. The van der Waals surface area contributed by atoms with Crippen LogP contribution in [0.2, 0.25) is 0 Å². The first-order chi connectivity index (χ1) is 3.25. The topological polar surface area (TPSA) is 52.0 Å². The summed E-state index contributed by atoms with van der Waals surface area (Å²) >= 11 is 0. The van der Waals surface area contributed by atoms with Gasteiger partial charge in [-0.25, -0.2) is 0 Å². The summed E-state index contributed by atoms with van der Waals surface area (Å²) in [7, 11) is 0. The Morgan fingerprint density at radius 2 is 1.00 bits per heavy atom. The molecule has 0 rings (SSSR count). The molecule has 0 aliphatic carbocycles. The van der Waals surface area contributed by atoms with Crippen molar-refractivity contribution >= 4 is 0 Å². The minimum absolute atomic E-state index is 3.80. The molecule has 0 aromatic heterocycles. The highest BCUT2D eigenvalue weighted by Gasteiger charge is 2.50. The average Bonchev–Trinajstić information content (AvgIpc) is 1.25. The smallest absolute Gasteiger partial charge is 0.279 e. The lowest BCUT2D eigenvalue weighted by atomic mass is 10.5. The third-order valence-corrected chi connectivity index (χ3v) is 0.434. The number of alkyl halides is 4. The highest BCUT2D eigenvalue weighted by atomic mass is 19.4. The van der Waals surface area contributed by atoms with Crippen LogP contribution < -0.4 is 11.5 Å². The molecule has 0 heterocycles. The van der Waals surface area contributed by atoms with Crippen molar-refractivity contribution in [2.45, 2.75) is 12.1 Å². The summed E-state index contributed by atoms with van der Waals surface area (Å²) in [5.74, 6) is -4.06. The predicted octanol–water partition coefficient (Wildman–Crippen LogP) is 0.0894. The average molecular weight is 132 g/mol. The van der Waals surface area contributed by atoms with Crippen molar-refractivity contribution < 1.29 is 17.6 Å². The maximum absolute atomic E-state index is 11.3. The molecule has 50 valence electrons. The Balaban J connectivity index is 4.02. The Morgan fingerprint density at radius 3 is 1.00 bits per heavy atom. The summed E-state index contributed by atoms with van der Waals surface area (Å²) in [4.78, 5) is 0. The molecule has 2 nitrogen and oxygen atoms in total. The molecule has 0 spiro atoms. The standard InChI is InChI=1S/C2H4F4N2/c3-1(4,5)2(6,7)8/h7-8H2. The zero-order valence-corrected chi connectivity index (χ0v) is 3.67. The minimum Gasteiger partial charge on any atom is -0.279 e. The fourth-order valence-corrected chi connectivity index (χ4v) is 0. The Bertz CT molecular complexity index is 67.0. The first kappa shape index (κ1) is 7.64. The van der Waals surface area contributed by atoms with Gasteiger partial charge in [-0.2, -0.15) is 17.6 Å². The van der Waals surface area contributed by atoms with Crippen LogP contribution in [0.3, 0.4) is 0 Å². The van der Waals surface area contributed by atoms with E-state index in [1.54, 1.807) is 0 Å². The highest BCUT2D eigenvalue weighted by Crippen LogP contribution is 2.24. The largest absolute Gasteiger partial charge is 0.451 e. The fraction of sp³-hybridized carbons (Fsp3) is 1.00. The second-order valence-corrected chi connectivity index (χ2v) is 1.27. The first-order valence-corrected chi connectivity index (χ1v) is 1.58. The molecule has 0 aliphatic rings. The third kappa shape index (κ3) is 1.63. The summed E-state index contributed by atoms with van der Waals surface area (Å²) in [5.41, 5.74) is 7.60. The van der Waals surface area contributed by atoms with Crippen molar-refractivity contribution in [2.75, 3.05) is 0 Å². The van der Waals surface area contributed by atoms with Crippen LogP contribution in [0.4, 0.5) is 17.6 Å². The van der Waals surface area contributed by atoms with Crippen LogP contribution in [0.25, 0.3) is 0 Å². The van der Waals surface area contributed by atoms with Gasteiger partial charge in [-0.1, -0.05) is 0 Å². The number of halogens is 4. The van der Waals surface area contributed by atoms with Crippen LogP contribution in [-0.2, 0) is 0 Å². The van der Waals surface area contributed by atoms with Crippen molar-refractivity contribution in [3.63, 3.8) is 0 Å². The van der Waals surface area contributed by atoms with E-state index in [1.165, 1.54) is 0 Å². The maximum atomic E-state index is 11.3. The van der Waals surface area contributed by atoms with Crippen LogP contribution in [0.15, 0.2) is 0 Å². The second-order valence-electron chi connectivity index (χ2n) is 1.27. The molecular weight excluding hydrogens is 128 g/mol. The molecule has 4 N–H and O–H groups in total. The van der Waals surface area contributed by atoms with E-state index in [1.807, 2.05) is 0 Å². The van der Waals surface area contributed by atoms with E-state index >= 15 is 0 Å². The summed E-state index contributed by atoms with van der Waals surface area (Å²) in [6.07, 6.45) is -5.17. The van der Waals surface area contributed by atoms with E-state index in [2.05, 4.69) is 11.5 Å². The van der Waals surface area contributed by atoms with Gasteiger partial charge in [-0.15, -0.1) is 0 Å². The Labute approximate surface area is 42.4 Å². The molecule has 0 aliphatic heterocycles. The van der Waals surface area contributed by atoms with Gasteiger partial charge in [0.25, 0.3) is 0 Å². The minimum atomic E-state index is -5.17. The lowest BCUT2D eigenvalue weighted by Gasteiger charge is -2.16. The number of hydrogen-bond donors (Lipinski definition) is 2. The van der Waals surface area contributed by atoms with Crippen molar-refractivity contribution in [2.24, 2.45) is 11.5 Å². The van der Waals surface area contributed by atoms with E-state index in [-0.39, 0.29) is 0 Å². The molecule has 0 bridgehead atoms. The zero-order chi connectivity index (χ0) is 7.00. The van der Waals surface area contributed by atoms with Crippen molar-refractivity contribution in [1.82, 2.24) is 0 Å². The van der Waals surface area contributed by atoms with Gasteiger partial charge in [0.2, 0.25) is 0 Å². The zero-order valence-electron chi connectivity index (χ0n) is 3.67. The molecule has 0 radical (unpaired) electrons. The fourth-order valence-electron chi connectivity index (χ4n) is 0. The van der Waals surface area contributed by atoms with Crippen LogP contribution in [0, 0.1) is 0 Å². The van der Waals surface area contributed by atoms with Crippen molar-refractivity contribution in [1.29, 1.82) is 0 Å². The molecule has 0 saturated carbocycles. The van der Waals surface area contributed by atoms with Crippen LogP contribution in [-0.4, -0.2) is 12.1 Å². The van der Waals surface area contributed by atoms with Crippen LogP contribution in [0.5, 0.6) is 0 Å². The highest BCUT2D eigenvalue weighted by molar-refractivity contribution is 4.71. The van der Waals surface area contributed by atoms with Crippen molar-refractivity contribution in [3.05, 3.63) is 0 Å². The lowest BCUT2D eigenvalue weighted by molar-refractivity contribution is -0.226. The van der Waals surface area contributed by atoms with Gasteiger partial charge in [0.05, 0.1) is 0 Å². The monoisotopic (exact) mass is 132 g/mol. The second kappa shape index (κ2) is 1.56. The number of hydrogen-bond acceptors (Lipinski definition) is 2. The summed E-state index contributed by atoms with van der Waals surface area (Å²) < 4.78 is 44.1. The van der Waals surface area contributed by atoms with E-state index < -0.39 is 12.1 Å². The van der Waals surface area contributed by atoms with Gasteiger partial charge < -0.3 is 0 Å². The molecule has 0 aromatic carbocycles. The van der Waals surface area contributed by atoms with Gasteiger partial charge in [-0.05, 0) is 0 Å². The molecule has 0 aromatic rings. The van der Waals surface area contributed by atoms with Gasteiger partial charge >= 0.3 is 12.1 Å². The van der Waals surface area contributed by atoms with Gasteiger partial charge in [0.1, 0.15) is 0 Å². The normalized spacial score (nSPS) is 14.2. The molecule has 0 saturated heterocycles. The van der Waals surface area contributed by atoms with Gasteiger partial charge in [0.15, 0.2) is 0 Å². The molecule has 6 heteroatoms. The van der Waals surface area contributed by atoms with Gasteiger partial charge in [-0.3, -0.25) is 11.5 Å². The Kier molecular flexibility index (Phi) is 1.49. The molecule has 0 atom stereocenters. The molecule has 8 heavy (non-hydrogen) atoms. The SMILES string of the molecule is NC(N)(F)C(F)(F)F. The quantitative estimate of drug-likeness (QED) is 0.279. The summed E-state index contributed by atoms with van der Waals surface area (Å²) in [5, 5.41) is 0. The summed E-state index contributed by atoms with van der Waals surface area (Å²) in [6.45, 7) is 0. The van der Waals surface area contributed by atoms with Gasteiger partial charge in [0, 0.05) is 0 Å². The van der Waals surface area contributed by atoms with Crippen molar-refractivity contribution in [3.8, 4) is 0 Å². The van der Waals surface area contributed by atoms with E-state index in [9.17, 15) is 17.6 Å². The lowest BCUT2D eigenvalue weighted by Crippen LogP contribution is -2.57. The van der Waals surface area contributed by atoms with E-state index in [4.69, 9.17) is 0 Å². The Morgan fingerprint density at radius 1 is 0.875 bits per heavy atom. The molecule has 0 unspecified atom stereocenters. The molecule has 0 amide bonds. The predicted molar refractivity (Wildman–Crippen MR) is 18.3 cm³/mol. The number of rotatable bonds is 0. The third-order valence-electron chi connectivity index (χ3n) is 0.434. The van der Waals surface area contributed by atoms with Crippen LogP contribution in [0.1, 0.15) is 0 Å². The summed E-state index contributed by atoms with van der Waals surface area (Å²) in [6, 6.07) is 0. The first-order valence-electron chi connectivity index (χ1n) is 1.58. The number of nitrogens with two attached hydrogens (primary N) is 2. The molecule has 0 fully saturated rings. The maximum Gasteiger partial charge on any atom is 0.451 e. The van der Waals surface area contributed by atoms with E-state index in [0.717, 1.165) is 0 Å².